The van der Waals surface area contributed by atoms with Crippen LogP contribution in [0.5, 0.6) is 0 Å². The molecule has 6 rings (SSSR count). The first-order chi connectivity index (χ1) is 17.3. The number of rotatable bonds is 3. The van der Waals surface area contributed by atoms with E-state index in [4.69, 9.17) is 0 Å². The van der Waals surface area contributed by atoms with Crippen LogP contribution >= 0.6 is 0 Å². The molecule has 0 saturated carbocycles. The van der Waals surface area contributed by atoms with E-state index < -0.39 is 17.2 Å². The Hall–Kier alpha value is -3.72. The summed E-state index contributed by atoms with van der Waals surface area (Å²) < 4.78 is 41.3. The zero-order chi connectivity index (χ0) is 25.1. The molecule has 0 unspecified atom stereocenters. The SMILES string of the molecule is Cn1ccnc1CN1CCC2(CC1)C(=O)N(c1ccc3cc(C(F)(F)F)cnc3c1)c1ccccc12. The molecule has 1 spiro atoms. The molecule has 0 atom stereocenters. The van der Waals surface area contributed by atoms with Crippen LogP contribution < -0.4 is 4.90 Å². The fourth-order valence-corrected chi connectivity index (χ4v) is 5.50. The maximum atomic E-state index is 14.1. The number of piperidine rings is 1. The summed E-state index contributed by atoms with van der Waals surface area (Å²) in [6, 6.07) is 13.9. The molecule has 4 heterocycles. The minimum absolute atomic E-state index is 0.00611. The number of benzene rings is 2. The highest BCUT2D eigenvalue weighted by molar-refractivity contribution is 6.13. The number of nitrogens with zero attached hydrogens (tertiary/aromatic N) is 5. The Morgan fingerprint density at radius 3 is 2.53 bits per heavy atom. The van der Waals surface area contributed by atoms with Gasteiger partial charge in [0.25, 0.3) is 0 Å². The van der Waals surface area contributed by atoms with E-state index in [1.807, 2.05) is 42.1 Å². The molecule has 1 amide bonds. The van der Waals surface area contributed by atoms with E-state index in [1.54, 1.807) is 29.3 Å². The van der Waals surface area contributed by atoms with Gasteiger partial charge in [-0.05, 0) is 55.8 Å². The molecule has 0 N–H and O–H groups in total. The summed E-state index contributed by atoms with van der Waals surface area (Å²) in [5, 5.41) is 0.380. The third-order valence-corrected chi connectivity index (χ3v) is 7.52. The maximum absolute atomic E-state index is 14.1. The van der Waals surface area contributed by atoms with Crippen LogP contribution in [0.25, 0.3) is 10.9 Å². The maximum Gasteiger partial charge on any atom is 0.417 e. The first-order valence-corrected chi connectivity index (χ1v) is 11.9. The summed E-state index contributed by atoms with van der Waals surface area (Å²) in [5.41, 5.74) is 1.44. The number of amides is 1. The summed E-state index contributed by atoms with van der Waals surface area (Å²) in [6.45, 7) is 2.26. The van der Waals surface area contributed by atoms with Gasteiger partial charge in [-0.15, -0.1) is 0 Å². The van der Waals surface area contributed by atoms with Crippen molar-refractivity contribution in [3.05, 3.63) is 84.1 Å². The van der Waals surface area contributed by atoms with Crippen molar-refractivity contribution < 1.29 is 18.0 Å². The fourth-order valence-electron chi connectivity index (χ4n) is 5.50. The summed E-state index contributed by atoms with van der Waals surface area (Å²) in [7, 11) is 1.98. The fraction of sp³-hybridized carbons (Fsp3) is 0.296. The molecule has 1 fully saturated rings. The predicted molar refractivity (Wildman–Crippen MR) is 130 cm³/mol. The lowest BCUT2D eigenvalue weighted by molar-refractivity contribution is -0.137. The molecular weight excluding hydrogens is 467 g/mol. The summed E-state index contributed by atoms with van der Waals surface area (Å²) in [6.07, 6.45) is 1.47. The molecule has 2 aliphatic heterocycles. The zero-order valence-corrected chi connectivity index (χ0v) is 19.7. The second-order valence-corrected chi connectivity index (χ2v) is 9.57. The Bertz CT molecular complexity index is 1470. The van der Waals surface area contributed by atoms with Crippen molar-refractivity contribution in [2.24, 2.45) is 7.05 Å². The number of alkyl halides is 3. The molecule has 2 aromatic carbocycles. The van der Waals surface area contributed by atoms with Crippen LogP contribution in [0.3, 0.4) is 0 Å². The van der Waals surface area contributed by atoms with Gasteiger partial charge in [-0.25, -0.2) is 4.98 Å². The average Bonchev–Trinajstić information content (AvgIpc) is 3.38. The second-order valence-electron chi connectivity index (χ2n) is 9.57. The van der Waals surface area contributed by atoms with Crippen molar-refractivity contribution in [3.8, 4) is 0 Å². The van der Waals surface area contributed by atoms with Crippen LogP contribution in [0.15, 0.2) is 67.1 Å². The van der Waals surface area contributed by atoms with Crippen LogP contribution in [-0.2, 0) is 30.0 Å². The Balaban J connectivity index is 1.32. The number of carbonyl (C=O) groups excluding carboxylic acids is 1. The molecule has 6 nitrogen and oxygen atoms in total. The molecule has 0 bridgehead atoms. The lowest BCUT2D eigenvalue weighted by Gasteiger charge is -2.38. The summed E-state index contributed by atoms with van der Waals surface area (Å²) in [4.78, 5) is 26.6. The highest BCUT2D eigenvalue weighted by Gasteiger charge is 2.52. The monoisotopic (exact) mass is 491 g/mol. The molecule has 4 aromatic rings. The normalized spacial score (nSPS) is 17.8. The second kappa shape index (κ2) is 8.16. The van der Waals surface area contributed by atoms with Gasteiger partial charge in [0, 0.05) is 31.0 Å². The van der Waals surface area contributed by atoms with Crippen LogP contribution in [0.2, 0.25) is 0 Å². The topological polar surface area (TPSA) is 54.3 Å². The van der Waals surface area contributed by atoms with E-state index in [1.165, 1.54) is 0 Å². The first kappa shape index (κ1) is 22.7. The number of aromatic nitrogens is 3. The van der Waals surface area contributed by atoms with E-state index in [-0.39, 0.29) is 5.91 Å². The Morgan fingerprint density at radius 1 is 1.03 bits per heavy atom. The van der Waals surface area contributed by atoms with Gasteiger partial charge in [-0.3, -0.25) is 19.6 Å². The van der Waals surface area contributed by atoms with Crippen molar-refractivity contribution >= 4 is 28.2 Å². The first-order valence-electron chi connectivity index (χ1n) is 11.9. The van der Waals surface area contributed by atoms with Gasteiger partial charge in [0.05, 0.1) is 34.4 Å². The van der Waals surface area contributed by atoms with E-state index in [0.717, 1.165) is 49.0 Å². The molecule has 0 aliphatic carbocycles. The highest BCUT2D eigenvalue weighted by Crippen LogP contribution is 2.50. The number of likely N-dealkylation sites (tertiary alicyclic amines) is 1. The predicted octanol–water partition coefficient (Wildman–Crippen LogP) is 5.20. The van der Waals surface area contributed by atoms with Gasteiger partial charge in [0.1, 0.15) is 5.82 Å². The van der Waals surface area contributed by atoms with Crippen LogP contribution in [0.4, 0.5) is 24.5 Å². The Labute approximate surface area is 206 Å². The summed E-state index contributed by atoms with van der Waals surface area (Å²) >= 11 is 0. The van der Waals surface area contributed by atoms with E-state index in [2.05, 4.69) is 14.9 Å². The van der Waals surface area contributed by atoms with Crippen molar-refractivity contribution in [2.45, 2.75) is 31.0 Å². The lowest BCUT2D eigenvalue weighted by Crippen LogP contribution is -2.47. The molecule has 36 heavy (non-hydrogen) atoms. The molecule has 0 radical (unpaired) electrons. The largest absolute Gasteiger partial charge is 0.417 e. The quantitative estimate of drug-likeness (QED) is 0.395. The van der Waals surface area contributed by atoms with Crippen LogP contribution in [-0.4, -0.2) is 38.4 Å². The zero-order valence-electron chi connectivity index (χ0n) is 19.7. The van der Waals surface area contributed by atoms with Crippen molar-refractivity contribution in [1.82, 2.24) is 19.4 Å². The molecule has 9 heteroatoms. The molecule has 184 valence electrons. The number of hydrogen-bond donors (Lipinski definition) is 0. The minimum atomic E-state index is -4.46. The average molecular weight is 492 g/mol. The Kier molecular flexibility index (Phi) is 5.15. The third kappa shape index (κ3) is 3.57. The lowest BCUT2D eigenvalue weighted by atomic mass is 9.73. The number of aryl methyl sites for hydroxylation is 1. The minimum Gasteiger partial charge on any atom is -0.337 e. The van der Waals surface area contributed by atoms with Crippen molar-refractivity contribution in [1.29, 1.82) is 0 Å². The van der Waals surface area contributed by atoms with Crippen molar-refractivity contribution in [2.75, 3.05) is 18.0 Å². The molecule has 2 aliphatic rings. The number of imidazole rings is 1. The number of fused-ring (bicyclic) bond motifs is 3. The van der Waals surface area contributed by atoms with Crippen molar-refractivity contribution in [3.63, 3.8) is 0 Å². The highest BCUT2D eigenvalue weighted by atomic mass is 19.4. The van der Waals surface area contributed by atoms with Crippen LogP contribution in [0.1, 0.15) is 29.8 Å². The number of anilines is 2. The van der Waals surface area contributed by atoms with Crippen LogP contribution in [0, 0.1) is 0 Å². The third-order valence-electron chi connectivity index (χ3n) is 7.52. The van der Waals surface area contributed by atoms with Gasteiger partial charge in [-0.1, -0.05) is 24.3 Å². The van der Waals surface area contributed by atoms with E-state index in [9.17, 15) is 18.0 Å². The number of hydrogen-bond acceptors (Lipinski definition) is 4. The van der Waals surface area contributed by atoms with Gasteiger partial charge in [0.2, 0.25) is 5.91 Å². The van der Waals surface area contributed by atoms with Gasteiger partial charge < -0.3 is 4.57 Å². The molecule has 1 saturated heterocycles. The number of pyridine rings is 1. The number of halogens is 3. The van der Waals surface area contributed by atoms with Gasteiger partial charge in [-0.2, -0.15) is 13.2 Å². The number of carbonyl (C=O) groups is 1. The molecular formula is C27H24F3N5O. The standard InChI is InChI=1S/C27H24F3N5O/c1-33-13-10-31-24(33)17-34-11-8-26(9-12-34)21-4-2-3-5-23(21)35(25(26)36)20-7-6-18-14-19(27(28,29)30)16-32-22(18)15-20/h2-7,10,13-16H,8-9,11-12,17H2,1H3. The summed E-state index contributed by atoms with van der Waals surface area (Å²) in [5.74, 6) is 0.995. The Morgan fingerprint density at radius 2 is 1.81 bits per heavy atom. The van der Waals surface area contributed by atoms with Gasteiger partial charge in [0.15, 0.2) is 0 Å². The van der Waals surface area contributed by atoms with E-state index in [0.29, 0.717) is 29.4 Å². The molecule has 2 aromatic heterocycles. The smallest absolute Gasteiger partial charge is 0.337 e. The van der Waals surface area contributed by atoms with E-state index >= 15 is 0 Å². The number of para-hydroxylation sites is 1. The van der Waals surface area contributed by atoms with Gasteiger partial charge >= 0.3 is 6.18 Å².